The summed E-state index contributed by atoms with van der Waals surface area (Å²) >= 11 is 0. The molecule has 0 spiro atoms. The second-order valence-corrected chi connectivity index (χ2v) is 17.9. The summed E-state index contributed by atoms with van der Waals surface area (Å²) in [7, 11) is 0. The molecule has 0 aliphatic rings. The second-order valence-electron chi connectivity index (χ2n) is 17.9. The van der Waals surface area contributed by atoms with Gasteiger partial charge in [-0.25, -0.2) is 0 Å². The predicted octanol–water partition coefficient (Wildman–Crippen LogP) is 15.8. The highest BCUT2D eigenvalue weighted by molar-refractivity contribution is 5.77. The zero-order valence-electron chi connectivity index (χ0n) is 40.5. The molecule has 61 heavy (non-hydrogen) atoms. The maximum Gasteiger partial charge on any atom is 0.306 e. The number of aliphatic hydroxyl groups excluding tert-OH is 2. The SMILES string of the molecule is CCCCC/C=C\C/C=C\C/C=C\CCCCC(CC(=O)NC(CO)C(O)CCCCCCCCCCCC)OC(=O)CCCCCCCCC/C=C/CCCCCCCC. The van der Waals surface area contributed by atoms with Gasteiger partial charge in [0, 0.05) is 6.42 Å². The fourth-order valence-corrected chi connectivity index (χ4v) is 7.84. The van der Waals surface area contributed by atoms with E-state index in [1.807, 2.05) is 0 Å². The maximum atomic E-state index is 13.2. The number of allylic oxidation sites excluding steroid dienone is 8. The molecule has 6 nitrogen and oxygen atoms in total. The van der Waals surface area contributed by atoms with Gasteiger partial charge in [-0.05, 0) is 89.9 Å². The van der Waals surface area contributed by atoms with Gasteiger partial charge >= 0.3 is 5.97 Å². The molecule has 0 heterocycles. The van der Waals surface area contributed by atoms with Crippen LogP contribution in [0.2, 0.25) is 0 Å². The summed E-state index contributed by atoms with van der Waals surface area (Å²) in [6, 6.07) is -0.713. The number of ether oxygens (including phenoxy) is 1. The highest BCUT2D eigenvalue weighted by Crippen LogP contribution is 2.17. The van der Waals surface area contributed by atoms with Crippen molar-refractivity contribution in [2.45, 2.75) is 283 Å². The van der Waals surface area contributed by atoms with Crippen molar-refractivity contribution in [3.05, 3.63) is 48.6 Å². The largest absolute Gasteiger partial charge is 0.462 e. The van der Waals surface area contributed by atoms with Crippen LogP contribution >= 0.6 is 0 Å². The van der Waals surface area contributed by atoms with E-state index < -0.39 is 18.2 Å². The van der Waals surface area contributed by atoms with E-state index in [0.717, 1.165) is 70.6 Å². The zero-order valence-corrected chi connectivity index (χ0v) is 40.5. The predicted molar refractivity (Wildman–Crippen MR) is 264 cm³/mol. The first-order valence-electron chi connectivity index (χ1n) is 26.4. The molecule has 0 saturated carbocycles. The lowest BCUT2D eigenvalue weighted by atomic mass is 10.0. The normalized spacial score (nSPS) is 13.6. The molecule has 0 aromatic carbocycles. The first-order valence-corrected chi connectivity index (χ1v) is 26.4. The lowest BCUT2D eigenvalue weighted by Gasteiger charge is -2.24. The van der Waals surface area contributed by atoms with Gasteiger partial charge in [0.2, 0.25) is 5.91 Å². The van der Waals surface area contributed by atoms with E-state index in [2.05, 4.69) is 74.7 Å². The summed E-state index contributed by atoms with van der Waals surface area (Å²) in [5.74, 6) is -0.512. The Morgan fingerprint density at radius 1 is 0.475 bits per heavy atom. The third kappa shape index (κ3) is 44.2. The number of nitrogens with one attached hydrogen (secondary N) is 1. The summed E-state index contributed by atoms with van der Waals surface area (Å²) < 4.78 is 5.92. The van der Waals surface area contributed by atoms with E-state index in [1.165, 1.54) is 148 Å². The number of aliphatic hydroxyl groups is 2. The Hall–Kier alpha value is -2.18. The molecule has 0 rings (SSSR count). The van der Waals surface area contributed by atoms with E-state index in [-0.39, 0.29) is 24.9 Å². The number of amides is 1. The number of unbranched alkanes of at least 4 members (excludes halogenated alkanes) is 27. The number of hydrogen-bond donors (Lipinski definition) is 3. The molecule has 0 aliphatic carbocycles. The molecule has 0 aromatic heterocycles. The summed E-state index contributed by atoms with van der Waals surface area (Å²) in [5, 5.41) is 23.7. The van der Waals surface area contributed by atoms with Gasteiger partial charge in [-0.1, -0.05) is 211 Å². The van der Waals surface area contributed by atoms with Crippen LogP contribution in [0.25, 0.3) is 0 Å². The van der Waals surface area contributed by atoms with Gasteiger partial charge in [-0.3, -0.25) is 9.59 Å². The van der Waals surface area contributed by atoms with Crippen molar-refractivity contribution in [1.82, 2.24) is 5.32 Å². The standard InChI is InChI=1S/C55H101NO5/c1-4-7-10-13-16-19-22-24-26-27-29-31-33-36-39-42-45-48-55(60)61-51(46-43-40-37-34-32-30-28-25-23-20-17-14-11-8-5-2)49-54(59)56-52(50-57)53(58)47-44-41-38-35-21-18-15-12-9-6-3/h17,20,24-26,28,32,34,51-53,57-58H,4-16,18-19,21-23,27,29-31,33,35-50H2,1-3H3,(H,56,59)/b20-17-,26-24+,28-25-,34-32-. The van der Waals surface area contributed by atoms with Gasteiger partial charge in [-0.2, -0.15) is 0 Å². The summed E-state index contributed by atoms with van der Waals surface area (Å²) in [4.78, 5) is 26.1. The van der Waals surface area contributed by atoms with Gasteiger partial charge in [0.1, 0.15) is 6.10 Å². The van der Waals surface area contributed by atoms with Crippen molar-refractivity contribution in [3.8, 4) is 0 Å². The Balaban J connectivity index is 4.63. The maximum absolute atomic E-state index is 13.2. The van der Waals surface area contributed by atoms with Crippen LogP contribution in [-0.4, -0.2) is 46.9 Å². The van der Waals surface area contributed by atoms with E-state index in [0.29, 0.717) is 19.3 Å². The average Bonchev–Trinajstić information content (AvgIpc) is 3.25. The van der Waals surface area contributed by atoms with Crippen molar-refractivity contribution < 1.29 is 24.5 Å². The molecule has 0 aromatic rings. The number of carbonyl (C=O) groups excluding carboxylic acids is 2. The Morgan fingerprint density at radius 2 is 0.836 bits per heavy atom. The molecule has 1 amide bonds. The average molecular weight is 856 g/mol. The van der Waals surface area contributed by atoms with Crippen molar-refractivity contribution in [1.29, 1.82) is 0 Å². The van der Waals surface area contributed by atoms with Gasteiger partial charge in [0.25, 0.3) is 0 Å². The summed E-state index contributed by atoms with van der Waals surface area (Å²) in [6.45, 7) is 6.43. The third-order valence-electron chi connectivity index (χ3n) is 11.9. The molecule has 3 unspecified atom stereocenters. The smallest absolute Gasteiger partial charge is 0.306 e. The lowest BCUT2D eigenvalue weighted by molar-refractivity contribution is -0.151. The molecular formula is C55H101NO5. The van der Waals surface area contributed by atoms with Crippen LogP contribution in [-0.2, 0) is 14.3 Å². The van der Waals surface area contributed by atoms with Crippen LogP contribution in [0, 0.1) is 0 Å². The number of rotatable bonds is 47. The van der Waals surface area contributed by atoms with Crippen LogP contribution in [0.5, 0.6) is 0 Å². The van der Waals surface area contributed by atoms with E-state index in [4.69, 9.17) is 4.74 Å². The molecule has 0 aliphatic heterocycles. The lowest BCUT2D eigenvalue weighted by Crippen LogP contribution is -2.46. The Morgan fingerprint density at radius 3 is 1.33 bits per heavy atom. The highest BCUT2D eigenvalue weighted by atomic mass is 16.5. The van der Waals surface area contributed by atoms with Crippen molar-refractivity contribution in [2.75, 3.05) is 6.61 Å². The minimum atomic E-state index is -0.797. The van der Waals surface area contributed by atoms with Crippen LogP contribution in [0.3, 0.4) is 0 Å². The molecule has 0 fully saturated rings. The van der Waals surface area contributed by atoms with Crippen LogP contribution < -0.4 is 5.32 Å². The van der Waals surface area contributed by atoms with Gasteiger partial charge in [0.05, 0.1) is 25.2 Å². The molecule has 6 heteroatoms. The minimum Gasteiger partial charge on any atom is -0.462 e. The fraction of sp³-hybridized carbons (Fsp3) is 0.818. The molecule has 0 bridgehead atoms. The molecule has 0 saturated heterocycles. The molecule has 3 atom stereocenters. The Labute approximate surface area is 378 Å². The Bertz CT molecular complexity index is 1050. The quantitative estimate of drug-likeness (QED) is 0.0322. The van der Waals surface area contributed by atoms with Crippen molar-refractivity contribution in [3.63, 3.8) is 0 Å². The van der Waals surface area contributed by atoms with Crippen molar-refractivity contribution in [2.24, 2.45) is 0 Å². The number of carbonyl (C=O) groups is 2. The monoisotopic (exact) mass is 856 g/mol. The second kappa shape index (κ2) is 48.8. The minimum absolute atomic E-state index is 0.0507. The third-order valence-corrected chi connectivity index (χ3v) is 11.9. The first-order chi connectivity index (χ1) is 30.0. The van der Waals surface area contributed by atoms with E-state index >= 15 is 0 Å². The molecular weight excluding hydrogens is 755 g/mol. The van der Waals surface area contributed by atoms with Crippen LogP contribution in [0.1, 0.15) is 265 Å². The van der Waals surface area contributed by atoms with Crippen molar-refractivity contribution >= 4 is 11.9 Å². The van der Waals surface area contributed by atoms with Gasteiger partial charge in [-0.15, -0.1) is 0 Å². The topological polar surface area (TPSA) is 95.9 Å². The van der Waals surface area contributed by atoms with Crippen LogP contribution in [0.15, 0.2) is 48.6 Å². The molecule has 0 radical (unpaired) electrons. The number of hydrogen-bond acceptors (Lipinski definition) is 5. The van der Waals surface area contributed by atoms with Gasteiger partial charge < -0.3 is 20.3 Å². The zero-order chi connectivity index (χ0) is 44.5. The molecule has 356 valence electrons. The summed E-state index contributed by atoms with van der Waals surface area (Å²) in [6.07, 6.45) is 58.9. The highest BCUT2D eigenvalue weighted by Gasteiger charge is 2.24. The first kappa shape index (κ1) is 58.8. The van der Waals surface area contributed by atoms with Gasteiger partial charge in [0.15, 0.2) is 0 Å². The van der Waals surface area contributed by atoms with Crippen LogP contribution in [0.4, 0.5) is 0 Å². The number of esters is 1. The van der Waals surface area contributed by atoms with E-state index in [9.17, 15) is 19.8 Å². The fourth-order valence-electron chi connectivity index (χ4n) is 7.84. The molecule has 3 N–H and O–H groups in total. The summed E-state index contributed by atoms with van der Waals surface area (Å²) in [5.41, 5.74) is 0. The van der Waals surface area contributed by atoms with E-state index in [1.54, 1.807) is 0 Å². The Kier molecular flexibility index (Phi) is 47.1.